The molecule has 250 valence electrons. The van der Waals surface area contributed by atoms with Gasteiger partial charge in [-0.2, -0.15) is 4.83 Å². The third-order valence-corrected chi connectivity index (χ3v) is 9.30. The molecule has 6 rings (SSSR count). The number of hydrogen-bond donors (Lipinski definition) is 4. The minimum atomic E-state index is -1.28. The van der Waals surface area contributed by atoms with E-state index in [0.29, 0.717) is 34.5 Å². The first kappa shape index (κ1) is 32.7. The van der Waals surface area contributed by atoms with Gasteiger partial charge in [-0.05, 0) is 41.3 Å². The SMILES string of the molecule is COc1ccc(COC(=O)C2=C(/C=C/C[n+]3ccc(N)n4nccc43)CS[C@@H]3[C@H](NC(=O)/C(=N/OCF)N4C=C(N)SN4)C(=O)N23)cc1. The van der Waals surface area contributed by atoms with Crippen LogP contribution in [0.25, 0.3) is 5.65 Å². The molecule has 3 aliphatic rings. The molecule has 19 heteroatoms. The fraction of sp³-hybridized carbons (Fsp3) is 0.241. The second-order valence-corrected chi connectivity index (χ2v) is 12.3. The van der Waals surface area contributed by atoms with Crippen molar-refractivity contribution in [3.05, 3.63) is 89.0 Å². The number of fused-ring (bicyclic) bond motifs is 2. The number of nitrogens with zero attached hydrogens (tertiary/aromatic N) is 6. The molecule has 0 saturated carbocycles. The summed E-state index contributed by atoms with van der Waals surface area (Å²) in [6.45, 7) is -0.909. The standard InChI is InChI=1S/C29H29FN10O6S2/c1-44-19-6-4-17(5-7-19)14-45-29(43)24-18(3-2-11-37-12-9-20(31)40-22(37)8-10-33-40)15-47-28-23(27(42)39(24)28)34-26(41)25(35-46-16-30)38-13-21(32)48-36-38/h2-10,12-13,23,28,31,36H,11,14-16,32H2,1H3,(H,34,41)/p+1/b3-2+,35-25-/t23-,28-/m1/s1. The lowest BCUT2D eigenvalue weighted by Crippen LogP contribution is -2.71. The number of alkyl halides is 1. The number of rotatable bonds is 10. The van der Waals surface area contributed by atoms with E-state index < -0.39 is 36.1 Å². The number of hydrogen-bond acceptors (Lipinski definition) is 13. The second kappa shape index (κ2) is 14.2. The van der Waals surface area contributed by atoms with Gasteiger partial charge in [0, 0.05) is 11.8 Å². The van der Waals surface area contributed by atoms with Gasteiger partial charge < -0.3 is 31.1 Å². The number of β-lactam (4-membered cyclic amide) rings is 1. The number of oxime groups is 1. The predicted molar refractivity (Wildman–Crippen MR) is 173 cm³/mol. The zero-order chi connectivity index (χ0) is 33.8. The van der Waals surface area contributed by atoms with Gasteiger partial charge in [-0.15, -0.1) is 11.8 Å². The predicted octanol–water partition coefficient (Wildman–Crippen LogP) is 0.649. The van der Waals surface area contributed by atoms with Crippen LogP contribution in [0.1, 0.15) is 5.56 Å². The zero-order valence-electron chi connectivity index (χ0n) is 25.3. The normalized spacial score (nSPS) is 19.3. The van der Waals surface area contributed by atoms with E-state index >= 15 is 0 Å². The van der Waals surface area contributed by atoms with Crippen molar-refractivity contribution >= 4 is 58.8 Å². The molecule has 6 N–H and O–H groups in total. The van der Waals surface area contributed by atoms with Crippen LogP contribution in [0.4, 0.5) is 10.2 Å². The molecule has 16 nitrogen and oxygen atoms in total. The molecular formula is C29H30FN10O6S2+. The Kier molecular flexibility index (Phi) is 9.69. The number of carbonyl (C=O) groups excluding carboxylic acids is 3. The number of nitrogens with one attached hydrogen (secondary N) is 2. The van der Waals surface area contributed by atoms with Crippen molar-refractivity contribution in [3.63, 3.8) is 0 Å². The highest BCUT2D eigenvalue weighted by Gasteiger charge is 2.54. The molecule has 2 atom stereocenters. The summed E-state index contributed by atoms with van der Waals surface area (Å²) >= 11 is 2.36. The number of benzene rings is 1. The molecule has 3 aliphatic heterocycles. The third-order valence-electron chi connectivity index (χ3n) is 7.36. The minimum absolute atomic E-state index is 0.0459. The van der Waals surface area contributed by atoms with E-state index in [1.54, 1.807) is 54.2 Å². The van der Waals surface area contributed by atoms with Gasteiger partial charge in [0.1, 0.15) is 41.0 Å². The number of ether oxygens (including phenoxy) is 2. The molecular weight excluding hydrogens is 668 g/mol. The van der Waals surface area contributed by atoms with E-state index in [4.69, 9.17) is 20.9 Å². The Bertz CT molecular complexity index is 1860. The van der Waals surface area contributed by atoms with E-state index in [-0.39, 0.29) is 18.1 Å². The molecule has 1 aromatic carbocycles. The Labute approximate surface area is 281 Å². The number of nitrogens with two attached hydrogens (primary N) is 2. The fourth-order valence-electron chi connectivity index (χ4n) is 5.06. The maximum absolute atomic E-state index is 13.6. The van der Waals surface area contributed by atoms with Crippen LogP contribution in [0.15, 0.2) is 88.6 Å². The number of hydrazine groups is 1. The van der Waals surface area contributed by atoms with Crippen molar-refractivity contribution < 1.29 is 37.7 Å². The molecule has 5 heterocycles. The molecule has 3 aromatic rings. The summed E-state index contributed by atoms with van der Waals surface area (Å²) in [4.78, 5) is 48.9. The number of allylic oxidation sites excluding steroid dienone is 2. The lowest BCUT2D eigenvalue weighted by atomic mass is 10.0. The van der Waals surface area contributed by atoms with Crippen molar-refractivity contribution in [1.29, 1.82) is 0 Å². The first-order valence-corrected chi connectivity index (χ1v) is 16.2. The molecule has 2 aromatic heterocycles. The number of nitrogen functional groups attached to an aromatic ring is 1. The van der Waals surface area contributed by atoms with E-state index in [1.165, 1.54) is 22.9 Å². The van der Waals surface area contributed by atoms with Gasteiger partial charge >= 0.3 is 11.6 Å². The largest absolute Gasteiger partial charge is 0.497 e. The van der Waals surface area contributed by atoms with Crippen molar-refractivity contribution in [3.8, 4) is 5.75 Å². The molecule has 0 bridgehead atoms. The van der Waals surface area contributed by atoms with E-state index in [9.17, 15) is 18.8 Å². The lowest BCUT2D eigenvalue weighted by molar-refractivity contribution is -0.664. The van der Waals surface area contributed by atoms with Crippen LogP contribution < -0.4 is 30.9 Å². The summed E-state index contributed by atoms with van der Waals surface area (Å²) in [5, 5.41) is 11.2. The molecule has 2 amide bonds. The summed E-state index contributed by atoms with van der Waals surface area (Å²) in [6, 6.07) is 9.56. The number of amides is 2. The highest BCUT2D eigenvalue weighted by Crippen LogP contribution is 2.41. The number of anilines is 1. The monoisotopic (exact) mass is 697 g/mol. The smallest absolute Gasteiger partial charge is 0.355 e. The third kappa shape index (κ3) is 6.60. The van der Waals surface area contributed by atoms with Crippen LogP contribution in [-0.4, -0.2) is 74.3 Å². The Hall–Kier alpha value is -5.27. The molecule has 48 heavy (non-hydrogen) atoms. The van der Waals surface area contributed by atoms with Gasteiger partial charge in [-0.1, -0.05) is 33.0 Å². The van der Waals surface area contributed by atoms with Crippen LogP contribution in [0, 0.1) is 0 Å². The summed E-state index contributed by atoms with van der Waals surface area (Å²) in [5.74, 6) is -0.983. The minimum Gasteiger partial charge on any atom is -0.497 e. The van der Waals surface area contributed by atoms with Crippen molar-refractivity contribution in [2.45, 2.75) is 24.6 Å². The zero-order valence-corrected chi connectivity index (χ0v) is 26.9. The molecule has 0 spiro atoms. The number of halogens is 1. The van der Waals surface area contributed by atoms with Gasteiger partial charge in [0.25, 0.3) is 24.5 Å². The summed E-state index contributed by atoms with van der Waals surface area (Å²) in [5.41, 5.74) is 13.9. The van der Waals surface area contributed by atoms with Crippen LogP contribution in [0.2, 0.25) is 0 Å². The van der Waals surface area contributed by atoms with Crippen LogP contribution >= 0.6 is 23.7 Å². The second-order valence-electron chi connectivity index (χ2n) is 10.3. The first-order chi connectivity index (χ1) is 23.3. The molecule has 0 aliphatic carbocycles. The van der Waals surface area contributed by atoms with Gasteiger partial charge in [0.2, 0.25) is 5.82 Å². The Morgan fingerprint density at radius 3 is 2.79 bits per heavy atom. The highest BCUT2D eigenvalue weighted by atomic mass is 32.2. The Balaban J connectivity index is 1.23. The summed E-state index contributed by atoms with van der Waals surface area (Å²) < 4.78 is 27.1. The Morgan fingerprint density at radius 1 is 1.25 bits per heavy atom. The molecule has 0 radical (unpaired) electrons. The van der Waals surface area contributed by atoms with Gasteiger partial charge in [-0.3, -0.25) is 14.5 Å². The number of methoxy groups -OCH3 is 1. The van der Waals surface area contributed by atoms with E-state index in [2.05, 4.69) is 25.2 Å². The topological polar surface area (TPSA) is 195 Å². The average Bonchev–Trinajstić information content (AvgIpc) is 3.77. The maximum Gasteiger partial charge on any atom is 0.355 e. The molecule has 1 fully saturated rings. The molecule has 0 unspecified atom stereocenters. The summed E-state index contributed by atoms with van der Waals surface area (Å²) in [7, 11) is 1.55. The quantitative estimate of drug-likeness (QED) is 0.0439. The first-order valence-electron chi connectivity index (χ1n) is 14.3. The number of amidine groups is 1. The average molecular weight is 698 g/mol. The van der Waals surface area contributed by atoms with Crippen LogP contribution in [0.3, 0.4) is 0 Å². The van der Waals surface area contributed by atoms with E-state index in [1.807, 2.05) is 22.9 Å². The van der Waals surface area contributed by atoms with Crippen LogP contribution in [-0.2, 0) is 37.1 Å². The van der Waals surface area contributed by atoms with E-state index in [0.717, 1.165) is 28.2 Å². The highest BCUT2D eigenvalue weighted by molar-refractivity contribution is 8.01. The number of thioether (sulfide) groups is 1. The van der Waals surface area contributed by atoms with Gasteiger partial charge in [0.15, 0.2) is 0 Å². The lowest BCUT2D eigenvalue weighted by Gasteiger charge is -2.49. The fourth-order valence-corrected chi connectivity index (χ4v) is 6.88. The van der Waals surface area contributed by atoms with Crippen molar-refractivity contribution in [1.82, 2.24) is 29.7 Å². The number of carbonyl (C=O) groups is 3. The van der Waals surface area contributed by atoms with Gasteiger partial charge in [-0.25, -0.2) is 18.8 Å². The maximum atomic E-state index is 13.6. The molecule has 1 saturated heterocycles. The summed E-state index contributed by atoms with van der Waals surface area (Å²) in [6.07, 6.45) is 8.45. The van der Waals surface area contributed by atoms with Crippen molar-refractivity contribution in [2.75, 3.05) is 25.5 Å². The van der Waals surface area contributed by atoms with Crippen molar-refractivity contribution in [2.24, 2.45) is 10.9 Å². The Morgan fingerprint density at radius 2 is 2.06 bits per heavy atom. The van der Waals surface area contributed by atoms with Gasteiger partial charge in [0.05, 0.1) is 31.8 Å². The number of aromatic nitrogens is 3. The number of esters is 1. The van der Waals surface area contributed by atoms with Crippen LogP contribution in [0.5, 0.6) is 5.75 Å².